The van der Waals surface area contributed by atoms with Crippen molar-refractivity contribution < 1.29 is 4.74 Å². The number of hydrogen-bond acceptors (Lipinski definition) is 2. The van der Waals surface area contributed by atoms with Gasteiger partial charge in [0.15, 0.2) is 0 Å². The van der Waals surface area contributed by atoms with Crippen molar-refractivity contribution in [3.05, 3.63) is 0 Å². The Hall–Kier alpha value is 0.427. The molecule has 0 aromatic carbocycles. The minimum absolute atomic E-state index is 0. The molecule has 2 nitrogen and oxygen atoms in total. The molecule has 0 aromatic rings. The van der Waals surface area contributed by atoms with Crippen LogP contribution in [0, 0.1) is 0 Å². The summed E-state index contributed by atoms with van der Waals surface area (Å²) in [7, 11) is 0.827. The van der Waals surface area contributed by atoms with Crippen LogP contribution in [0.2, 0.25) is 25.2 Å². The van der Waals surface area contributed by atoms with E-state index in [0.717, 1.165) is 0 Å². The van der Waals surface area contributed by atoms with Crippen LogP contribution in [0.5, 0.6) is 0 Å². The Morgan fingerprint density at radius 3 is 2.09 bits per heavy atom. The standard InChI is InChI=1S/C7H17NOSi.ClH/c1-9-7-5-10(2,3)4-6(7)8;/h6-7H,4-5,8H2,1-3H3;1H/t6-,7+;/m1./s1. The summed E-state index contributed by atoms with van der Waals surface area (Å²) in [6.07, 6.45) is 0.349. The summed E-state index contributed by atoms with van der Waals surface area (Å²) < 4.78 is 5.27. The van der Waals surface area contributed by atoms with E-state index in [1.807, 2.05) is 0 Å². The maximum Gasteiger partial charge on any atom is 0.0696 e. The molecule has 0 radical (unpaired) electrons. The van der Waals surface area contributed by atoms with Gasteiger partial charge in [0.05, 0.1) is 14.2 Å². The first-order valence-corrected chi connectivity index (χ1v) is 7.25. The number of nitrogens with two attached hydrogens (primary N) is 1. The average molecular weight is 196 g/mol. The van der Waals surface area contributed by atoms with E-state index < -0.39 is 8.07 Å². The first-order valence-electron chi connectivity index (χ1n) is 3.83. The Labute approximate surface area is 75.9 Å². The second kappa shape index (κ2) is 3.89. The van der Waals surface area contributed by atoms with Crippen molar-refractivity contribution in [3.63, 3.8) is 0 Å². The van der Waals surface area contributed by atoms with E-state index in [4.69, 9.17) is 10.5 Å². The molecule has 0 saturated carbocycles. The molecule has 1 saturated heterocycles. The molecule has 4 heteroatoms. The van der Waals surface area contributed by atoms with Gasteiger partial charge < -0.3 is 10.5 Å². The lowest BCUT2D eigenvalue weighted by atomic mass is 10.2. The van der Waals surface area contributed by atoms with Crippen LogP contribution >= 0.6 is 12.4 Å². The largest absolute Gasteiger partial charge is 0.380 e. The van der Waals surface area contributed by atoms with Gasteiger partial charge >= 0.3 is 0 Å². The van der Waals surface area contributed by atoms with Crippen LogP contribution in [0.1, 0.15) is 0 Å². The molecule has 1 aliphatic heterocycles. The molecule has 0 unspecified atom stereocenters. The number of ether oxygens (including phenoxy) is 1. The van der Waals surface area contributed by atoms with Gasteiger partial charge in [-0.3, -0.25) is 0 Å². The van der Waals surface area contributed by atoms with Gasteiger partial charge in [-0.25, -0.2) is 0 Å². The summed E-state index contributed by atoms with van der Waals surface area (Å²) in [6, 6.07) is 2.78. The molecule has 1 aliphatic rings. The summed E-state index contributed by atoms with van der Waals surface area (Å²) >= 11 is 0. The fraction of sp³-hybridized carbons (Fsp3) is 1.00. The first kappa shape index (κ1) is 11.4. The Kier molecular flexibility index (Phi) is 4.04. The van der Waals surface area contributed by atoms with E-state index >= 15 is 0 Å². The number of halogens is 1. The van der Waals surface area contributed by atoms with E-state index in [1.54, 1.807) is 7.11 Å². The third-order valence-corrected chi connectivity index (χ3v) is 5.41. The van der Waals surface area contributed by atoms with Crippen LogP contribution in [0.4, 0.5) is 0 Å². The molecule has 11 heavy (non-hydrogen) atoms. The van der Waals surface area contributed by atoms with Crippen LogP contribution < -0.4 is 5.73 Å². The molecule has 1 rings (SSSR count). The second-order valence-electron chi connectivity index (χ2n) is 4.01. The minimum atomic E-state index is -0.937. The monoisotopic (exact) mass is 195 g/mol. The van der Waals surface area contributed by atoms with Gasteiger partial charge in [0.2, 0.25) is 0 Å². The molecule has 0 amide bonds. The Morgan fingerprint density at radius 2 is 1.91 bits per heavy atom. The van der Waals surface area contributed by atoms with Crippen molar-refractivity contribution >= 4 is 20.5 Å². The summed E-state index contributed by atoms with van der Waals surface area (Å²) in [5.74, 6) is 0. The summed E-state index contributed by atoms with van der Waals surface area (Å²) in [5, 5.41) is 0. The summed E-state index contributed by atoms with van der Waals surface area (Å²) in [5.41, 5.74) is 5.87. The molecule has 0 bridgehead atoms. The Bertz CT molecular complexity index is 132. The third kappa shape index (κ3) is 2.74. The van der Waals surface area contributed by atoms with Gasteiger partial charge in [-0.15, -0.1) is 12.4 Å². The molecule has 0 spiro atoms. The molecule has 0 aromatic heterocycles. The Morgan fingerprint density at radius 1 is 1.36 bits per heavy atom. The maximum absolute atomic E-state index is 5.87. The lowest BCUT2D eigenvalue weighted by molar-refractivity contribution is 0.108. The second-order valence-corrected chi connectivity index (χ2v) is 9.16. The number of hydrogen-bond donors (Lipinski definition) is 1. The maximum atomic E-state index is 5.87. The van der Waals surface area contributed by atoms with E-state index in [-0.39, 0.29) is 12.4 Å². The highest BCUT2D eigenvalue weighted by molar-refractivity contribution is 6.78. The van der Waals surface area contributed by atoms with Gasteiger partial charge in [0, 0.05) is 13.2 Å². The molecular formula is C7H18ClNOSi. The molecule has 1 fully saturated rings. The van der Waals surface area contributed by atoms with Crippen molar-refractivity contribution in [2.45, 2.75) is 37.3 Å². The zero-order chi connectivity index (χ0) is 7.78. The highest BCUT2D eigenvalue weighted by Crippen LogP contribution is 2.30. The predicted octanol–water partition coefficient (Wildman–Crippen LogP) is 1.47. The van der Waals surface area contributed by atoms with Gasteiger partial charge in [-0.2, -0.15) is 0 Å². The number of rotatable bonds is 1. The van der Waals surface area contributed by atoms with Crippen LogP contribution in [-0.2, 0) is 4.74 Å². The SMILES string of the molecule is CO[C@H]1C[Si](C)(C)C[C@H]1N.Cl. The van der Waals surface area contributed by atoms with Gasteiger partial charge in [0.1, 0.15) is 0 Å². The zero-order valence-electron chi connectivity index (χ0n) is 7.46. The number of methoxy groups -OCH3 is 1. The van der Waals surface area contributed by atoms with Crippen molar-refractivity contribution in [1.82, 2.24) is 0 Å². The molecule has 0 aliphatic carbocycles. The molecule has 1 heterocycles. The van der Waals surface area contributed by atoms with Gasteiger partial charge in [-0.1, -0.05) is 13.1 Å². The van der Waals surface area contributed by atoms with Crippen molar-refractivity contribution in [1.29, 1.82) is 0 Å². The molecular weight excluding hydrogens is 178 g/mol. The van der Waals surface area contributed by atoms with Crippen molar-refractivity contribution in [3.8, 4) is 0 Å². The van der Waals surface area contributed by atoms with Crippen molar-refractivity contribution in [2.75, 3.05) is 7.11 Å². The molecule has 2 atom stereocenters. The van der Waals surface area contributed by atoms with E-state index in [2.05, 4.69) is 13.1 Å². The molecule has 68 valence electrons. The van der Waals surface area contributed by atoms with Crippen LogP contribution in [0.25, 0.3) is 0 Å². The average Bonchev–Trinajstić information content (AvgIpc) is 2.05. The van der Waals surface area contributed by atoms with Crippen LogP contribution in [-0.4, -0.2) is 27.3 Å². The quantitative estimate of drug-likeness (QED) is 0.644. The van der Waals surface area contributed by atoms with Crippen LogP contribution in [0.15, 0.2) is 0 Å². The fourth-order valence-corrected chi connectivity index (χ4v) is 5.07. The third-order valence-electron chi connectivity index (χ3n) is 2.32. The van der Waals surface area contributed by atoms with E-state index in [9.17, 15) is 0 Å². The van der Waals surface area contributed by atoms with Gasteiger partial charge in [0.25, 0.3) is 0 Å². The lowest BCUT2D eigenvalue weighted by Gasteiger charge is -2.13. The Balaban J connectivity index is 0.000001000. The van der Waals surface area contributed by atoms with E-state index in [1.165, 1.54) is 12.1 Å². The minimum Gasteiger partial charge on any atom is -0.380 e. The summed E-state index contributed by atoms with van der Waals surface area (Å²) in [6.45, 7) is 4.76. The lowest BCUT2D eigenvalue weighted by Crippen LogP contribution is -2.29. The predicted molar refractivity (Wildman–Crippen MR) is 53.1 cm³/mol. The normalized spacial score (nSPS) is 34.9. The molecule has 2 N–H and O–H groups in total. The zero-order valence-corrected chi connectivity index (χ0v) is 9.28. The highest BCUT2D eigenvalue weighted by Gasteiger charge is 2.38. The highest BCUT2D eigenvalue weighted by atomic mass is 35.5. The smallest absolute Gasteiger partial charge is 0.0696 e. The first-order chi connectivity index (χ1) is 4.55. The summed E-state index contributed by atoms with van der Waals surface area (Å²) in [4.78, 5) is 0. The van der Waals surface area contributed by atoms with Crippen molar-refractivity contribution in [2.24, 2.45) is 5.73 Å². The van der Waals surface area contributed by atoms with E-state index in [0.29, 0.717) is 12.1 Å². The van der Waals surface area contributed by atoms with Gasteiger partial charge in [-0.05, 0) is 12.1 Å². The van der Waals surface area contributed by atoms with Crippen LogP contribution in [0.3, 0.4) is 0 Å². The fourth-order valence-electron chi connectivity index (χ4n) is 1.81. The topological polar surface area (TPSA) is 35.2 Å².